The number of nitro groups is 1. The van der Waals surface area contributed by atoms with Crippen LogP contribution >= 0.6 is 0 Å². The fraction of sp³-hybridized carbons (Fsp3) is 0. The summed E-state index contributed by atoms with van der Waals surface area (Å²) in [6.45, 7) is 0. The van der Waals surface area contributed by atoms with E-state index >= 15 is 0 Å². The van der Waals surface area contributed by atoms with Crippen molar-refractivity contribution in [3.05, 3.63) is 131 Å². The van der Waals surface area contributed by atoms with E-state index < -0.39 is 4.92 Å². The van der Waals surface area contributed by atoms with Crippen LogP contribution in [0.3, 0.4) is 0 Å². The van der Waals surface area contributed by atoms with Crippen molar-refractivity contribution in [2.24, 2.45) is 0 Å². The molecule has 0 amide bonds. The molecule has 3 aromatic carbocycles. The third-order valence-electron chi connectivity index (χ3n) is 5.28. The second-order valence-electron chi connectivity index (χ2n) is 7.52. The van der Waals surface area contributed by atoms with Crippen LogP contribution in [-0.4, -0.2) is 15.1 Å². The van der Waals surface area contributed by atoms with E-state index in [0.717, 1.165) is 16.7 Å². The summed E-state index contributed by atoms with van der Waals surface area (Å²) >= 11 is 0. The Hall–Kier alpha value is -4.62. The van der Waals surface area contributed by atoms with Gasteiger partial charge in [-0.1, -0.05) is 60.7 Å². The van der Waals surface area contributed by atoms with Gasteiger partial charge in [0.15, 0.2) is 12.4 Å². The molecule has 2 aromatic heterocycles. The lowest BCUT2D eigenvalue weighted by Crippen LogP contribution is -3.00. The first-order chi connectivity index (χ1) is 16.7. The van der Waals surface area contributed by atoms with Crippen molar-refractivity contribution < 1.29 is 26.3 Å². The molecule has 0 saturated heterocycles. The summed E-state index contributed by atoms with van der Waals surface area (Å²) in [5, 5.41) is 19.3. The molecule has 5 rings (SSSR count). The van der Waals surface area contributed by atoms with Crippen molar-refractivity contribution in [1.29, 1.82) is 0 Å². The van der Waals surface area contributed by atoms with E-state index in [-0.39, 0.29) is 24.0 Å². The zero-order valence-corrected chi connectivity index (χ0v) is 19.1. The van der Waals surface area contributed by atoms with Gasteiger partial charge in [0.2, 0.25) is 5.89 Å². The zero-order valence-electron chi connectivity index (χ0n) is 18.4. The van der Waals surface area contributed by atoms with Crippen molar-refractivity contribution in [1.82, 2.24) is 10.2 Å². The predicted octanol–water partition coefficient (Wildman–Crippen LogP) is 2.65. The Balaban J connectivity index is 0.00000289. The predicted molar refractivity (Wildman–Crippen MR) is 128 cm³/mol. The van der Waals surface area contributed by atoms with Crippen LogP contribution in [-0.2, 0) is 0 Å². The molecule has 0 saturated carbocycles. The van der Waals surface area contributed by atoms with Gasteiger partial charge in [0, 0.05) is 35.9 Å². The van der Waals surface area contributed by atoms with Crippen LogP contribution in [0.4, 0.5) is 5.69 Å². The van der Waals surface area contributed by atoms with Crippen LogP contribution in [0.25, 0.3) is 34.4 Å². The van der Waals surface area contributed by atoms with E-state index in [0.29, 0.717) is 17.2 Å². The van der Waals surface area contributed by atoms with Gasteiger partial charge in [-0.15, -0.1) is 10.2 Å². The van der Waals surface area contributed by atoms with Crippen molar-refractivity contribution >= 4 is 17.5 Å². The Morgan fingerprint density at radius 2 is 1.37 bits per heavy atom. The monoisotopic (exact) mass is 482 g/mol. The number of hydrogen-bond acceptors (Lipinski definition) is 5. The molecule has 7 nitrogen and oxygen atoms in total. The van der Waals surface area contributed by atoms with Gasteiger partial charge in [0.25, 0.3) is 11.4 Å². The molecule has 0 aliphatic rings. The van der Waals surface area contributed by atoms with Crippen molar-refractivity contribution in [3.63, 3.8) is 0 Å². The topological polar surface area (TPSA) is 85.9 Å². The maximum atomic E-state index is 10.9. The molecule has 0 N–H and O–H groups in total. The van der Waals surface area contributed by atoms with E-state index in [1.54, 1.807) is 12.1 Å². The quantitative estimate of drug-likeness (QED) is 0.211. The molecule has 0 bridgehead atoms. The molecule has 0 radical (unpaired) electrons. The summed E-state index contributed by atoms with van der Waals surface area (Å²) in [6.07, 6.45) is 5.78. The number of pyridine rings is 1. The van der Waals surface area contributed by atoms with E-state index in [9.17, 15) is 10.1 Å². The molecule has 35 heavy (non-hydrogen) atoms. The van der Waals surface area contributed by atoms with Crippen LogP contribution in [0.15, 0.2) is 114 Å². The van der Waals surface area contributed by atoms with Gasteiger partial charge in [-0.3, -0.25) is 10.1 Å². The van der Waals surface area contributed by atoms with E-state index in [1.165, 1.54) is 12.1 Å². The molecule has 5 aromatic rings. The lowest BCUT2D eigenvalue weighted by molar-refractivity contribution is -0.579. The number of hydrogen-bond donors (Lipinski definition) is 0. The Kier molecular flexibility index (Phi) is 7.09. The second-order valence-corrected chi connectivity index (χ2v) is 7.52. The van der Waals surface area contributed by atoms with Crippen LogP contribution in [0, 0.1) is 10.1 Å². The summed E-state index contributed by atoms with van der Waals surface area (Å²) in [5.74, 6) is 0.614. The number of rotatable bonds is 6. The van der Waals surface area contributed by atoms with Gasteiger partial charge in [0.05, 0.1) is 4.92 Å². The first kappa shape index (κ1) is 23.5. The smallest absolute Gasteiger partial charge is 0.314 e. The lowest BCUT2D eigenvalue weighted by Gasteiger charge is -2.02. The molecule has 0 atom stereocenters. The average Bonchev–Trinajstić information content (AvgIpc) is 3.39. The largest absolute Gasteiger partial charge is 1.00 e. The van der Waals surface area contributed by atoms with E-state index in [2.05, 4.69) is 34.5 Å². The highest BCUT2D eigenvalue weighted by molar-refractivity contribution is 5.74. The van der Waals surface area contributed by atoms with Crippen molar-refractivity contribution in [2.75, 3.05) is 0 Å². The Morgan fingerprint density at radius 1 is 0.771 bits per heavy atom. The lowest BCUT2D eigenvalue weighted by atomic mass is 10.0. The Bertz CT molecular complexity index is 1450. The molecule has 0 spiro atoms. The molecule has 172 valence electrons. The summed E-state index contributed by atoms with van der Waals surface area (Å²) in [5.41, 5.74) is 4.57. The molecular formula is C27H19ClN4O3. The number of aromatic nitrogens is 3. The number of nitrogens with zero attached hydrogens (tertiary/aromatic N) is 4. The molecule has 0 aliphatic carbocycles. The van der Waals surface area contributed by atoms with Crippen LogP contribution in [0.2, 0.25) is 0 Å². The fourth-order valence-electron chi connectivity index (χ4n) is 3.54. The Morgan fingerprint density at radius 3 is 2.03 bits per heavy atom. The molecule has 0 fully saturated rings. The minimum atomic E-state index is -0.445. The van der Waals surface area contributed by atoms with Crippen molar-refractivity contribution in [2.45, 2.75) is 0 Å². The first-order valence-corrected chi connectivity index (χ1v) is 10.6. The molecular weight excluding hydrogens is 464 g/mol. The maximum absolute atomic E-state index is 10.9. The minimum absolute atomic E-state index is 0. The third kappa shape index (κ3) is 5.31. The minimum Gasteiger partial charge on any atom is -1.00 e. The van der Waals surface area contributed by atoms with Gasteiger partial charge >= 0.3 is 5.89 Å². The summed E-state index contributed by atoms with van der Waals surface area (Å²) < 4.78 is 7.87. The van der Waals surface area contributed by atoms with E-state index in [4.69, 9.17) is 4.42 Å². The van der Waals surface area contributed by atoms with Crippen LogP contribution in [0.5, 0.6) is 0 Å². The number of halogens is 1. The summed E-state index contributed by atoms with van der Waals surface area (Å²) in [4.78, 5) is 10.5. The number of nitro benzene ring substituents is 1. The van der Waals surface area contributed by atoms with Crippen molar-refractivity contribution in [3.8, 4) is 22.6 Å². The molecule has 2 heterocycles. The van der Waals surface area contributed by atoms with Gasteiger partial charge in [-0.25, -0.2) is 0 Å². The fourth-order valence-corrected chi connectivity index (χ4v) is 3.54. The SMILES string of the molecule is O=[N+]([O-])c1ccc(-c2nnc(C(=Cc3ccc(-c4ccccc4)cc3)[n+]3ccccc3)o2)cc1.[Cl-]. The second kappa shape index (κ2) is 10.5. The molecule has 8 heteroatoms. The standard InChI is InChI=1S/C27H19N4O3.ClH/c32-31(33)24-15-13-23(14-16-24)26-28-29-27(34-26)25(30-17-5-2-6-18-30)19-20-9-11-22(12-10-20)21-7-3-1-4-8-21;/h1-19H;1H/q+1;/p-1. The highest BCUT2D eigenvalue weighted by Gasteiger charge is 2.21. The van der Waals surface area contributed by atoms with Gasteiger partial charge in [-0.2, -0.15) is 4.57 Å². The zero-order chi connectivity index (χ0) is 23.3. The van der Waals surface area contributed by atoms with Gasteiger partial charge < -0.3 is 16.8 Å². The highest BCUT2D eigenvalue weighted by Crippen LogP contribution is 2.25. The normalized spacial score (nSPS) is 11.0. The maximum Gasteiger partial charge on any atom is 0.314 e. The first-order valence-electron chi connectivity index (χ1n) is 10.6. The number of benzene rings is 3. The number of non-ortho nitro benzene ring substituents is 1. The summed E-state index contributed by atoms with van der Waals surface area (Å²) in [7, 11) is 0. The Labute approximate surface area is 207 Å². The third-order valence-corrected chi connectivity index (χ3v) is 5.28. The van der Waals surface area contributed by atoms with Gasteiger partial charge in [-0.05, 0) is 28.8 Å². The average molecular weight is 483 g/mol. The van der Waals surface area contributed by atoms with Crippen LogP contribution < -0.4 is 17.0 Å². The molecule has 0 unspecified atom stereocenters. The van der Waals surface area contributed by atoms with Crippen LogP contribution in [0.1, 0.15) is 11.5 Å². The van der Waals surface area contributed by atoms with Gasteiger partial charge in [0.1, 0.15) is 0 Å². The van der Waals surface area contributed by atoms with E-state index in [1.807, 2.05) is 71.6 Å². The molecule has 0 aliphatic heterocycles. The summed E-state index contributed by atoms with van der Waals surface area (Å²) in [6, 6.07) is 30.2. The highest BCUT2D eigenvalue weighted by atomic mass is 35.5.